The summed E-state index contributed by atoms with van der Waals surface area (Å²) >= 11 is 0. The van der Waals surface area contributed by atoms with Crippen LogP contribution in [-0.4, -0.2) is 37.9 Å². The van der Waals surface area contributed by atoms with E-state index in [2.05, 4.69) is 118 Å². The van der Waals surface area contributed by atoms with Crippen molar-refractivity contribution in [2.75, 3.05) is 19.8 Å². The average molecular weight is 831 g/mol. The number of allylic oxidation sites excluding steroid dienone is 17. The first kappa shape index (κ1) is 56.6. The molecule has 1 atom stereocenters. The number of carbonyl (C=O) groups excluding carboxylic acids is 2. The zero-order chi connectivity index (χ0) is 43.5. The van der Waals surface area contributed by atoms with Gasteiger partial charge >= 0.3 is 11.9 Å². The monoisotopic (exact) mass is 831 g/mol. The van der Waals surface area contributed by atoms with Gasteiger partial charge in [0, 0.05) is 13.0 Å². The van der Waals surface area contributed by atoms with E-state index in [0.29, 0.717) is 13.0 Å². The van der Waals surface area contributed by atoms with Crippen molar-refractivity contribution in [3.63, 3.8) is 0 Å². The fourth-order valence-electron chi connectivity index (χ4n) is 6.24. The summed E-state index contributed by atoms with van der Waals surface area (Å²) in [6.45, 7) is 7.43. The lowest BCUT2D eigenvalue weighted by atomic mass is 10.1. The number of esters is 2. The summed E-state index contributed by atoms with van der Waals surface area (Å²) in [7, 11) is 0. The van der Waals surface area contributed by atoms with Gasteiger partial charge in [-0.05, 0) is 103 Å². The SMILES string of the molecule is CC/C=C\C/C=C\C/C=C\C/C=C\C/C=C\CC(=O)OCC(COCCCCCCCC/C=C\CCCCCCCC)OC(=O)CCCCC/C=C\C/C=C\C/C=C\CC. The van der Waals surface area contributed by atoms with Crippen molar-refractivity contribution >= 4 is 11.9 Å². The summed E-state index contributed by atoms with van der Waals surface area (Å²) in [5.74, 6) is -0.588. The van der Waals surface area contributed by atoms with Crippen molar-refractivity contribution in [2.45, 2.75) is 207 Å². The van der Waals surface area contributed by atoms with Crippen LogP contribution in [0.5, 0.6) is 0 Å². The molecule has 0 spiro atoms. The predicted octanol–water partition coefficient (Wildman–Crippen LogP) is 16.4. The second kappa shape index (κ2) is 49.9. The minimum atomic E-state index is -0.600. The van der Waals surface area contributed by atoms with E-state index in [-0.39, 0.29) is 31.6 Å². The second-order valence-electron chi connectivity index (χ2n) is 15.6. The molecule has 0 amide bonds. The summed E-state index contributed by atoms with van der Waals surface area (Å²) in [4.78, 5) is 25.3. The van der Waals surface area contributed by atoms with Gasteiger partial charge in [0.05, 0.1) is 13.0 Å². The molecule has 0 N–H and O–H groups in total. The van der Waals surface area contributed by atoms with Crippen LogP contribution >= 0.6 is 0 Å². The Balaban J connectivity index is 4.45. The van der Waals surface area contributed by atoms with Gasteiger partial charge in [-0.15, -0.1) is 0 Å². The van der Waals surface area contributed by atoms with Gasteiger partial charge in [0.15, 0.2) is 6.10 Å². The van der Waals surface area contributed by atoms with E-state index in [1.165, 1.54) is 77.0 Å². The largest absolute Gasteiger partial charge is 0.461 e. The fourth-order valence-corrected chi connectivity index (χ4v) is 6.24. The third kappa shape index (κ3) is 47.2. The van der Waals surface area contributed by atoms with Crippen molar-refractivity contribution < 1.29 is 23.8 Å². The predicted molar refractivity (Wildman–Crippen MR) is 260 cm³/mol. The molecule has 5 nitrogen and oxygen atoms in total. The molecule has 0 aliphatic heterocycles. The molecule has 0 aromatic rings. The van der Waals surface area contributed by atoms with Crippen LogP contribution < -0.4 is 0 Å². The highest BCUT2D eigenvalue weighted by atomic mass is 16.6. The van der Waals surface area contributed by atoms with Crippen molar-refractivity contribution in [2.24, 2.45) is 0 Å². The summed E-state index contributed by atoms with van der Waals surface area (Å²) in [5, 5.41) is 0. The van der Waals surface area contributed by atoms with Gasteiger partial charge in [-0.1, -0.05) is 194 Å². The van der Waals surface area contributed by atoms with Crippen LogP contribution in [0.2, 0.25) is 0 Å². The molecule has 0 aromatic heterocycles. The Morgan fingerprint density at radius 1 is 0.400 bits per heavy atom. The molecule has 0 fully saturated rings. The van der Waals surface area contributed by atoms with E-state index in [4.69, 9.17) is 14.2 Å². The molecular formula is C55H90O5. The molecule has 0 rings (SSSR count). The second-order valence-corrected chi connectivity index (χ2v) is 15.6. The highest BCUT2D eigenvalue weighted by molar-refractivity contribution is 5.71. The van der Waals surface area contributed by atoms with Crippen molar-refractivity contribution in [1.29, 1.82) is 0 Å². The van der Waals surface area contributed by atoms with Gasteiger partial charge in [0.25, 0.3) is 0 Å². The number of rotatable bonds is 43. The Morgan fingerprint density at radius 3 is 1.30 bits per heavy atom. The molecule has 5 heteroatoms. The van der Waals surface area contributed by atoms with Crippen LogP contribution in [0.15, 0.2) is 109 Å². The molecule has 0 bridgehead atoms. The Bertz CT molecular complexity index is 1210. The fraction of sp³-hybridized carbons (Fsp3) is 0.636. The van der Waals surface area contributed by atoms with E-state index in [0.717, 1.165) is 89.9 Å². The molecule has 340 valence electrons. The van der Waals surface area contributed by atoms with E-state index >= 15 is 0 Å². The van der Waals surface area contributed by atoms with Crippen molar-refractivity contribution in [3.05, 3.63) is 109 Å². The molecule has 0 saturated heterocycles. The normalized spacial score (nSPS) is 13.2. The molecule has 1 unspecified atom stereocenters. The third-order valence-electron chi connectivity index (χ3n) is 9.81. The number of hydrogen-bond acceptors (Lipinski definition) is 5. The van der Waals surface area contributed by atoms with E-state index in [1.54, 1.807) is 0 Å². The number of carbonyl (C=O) groups is 2. The van der Waals surface area contributed by atoms with Crippen LogP contribution in [0.1, 0.15) is 201 Å². The first-order valence-electron chi connectivity index (χ1n) is 24.4. The van der Waals surface area contributed by atoms with Gasteiger partial charge in [-0.25, -0.2) is 0 Å². The molecule has 0 radical (unpaired) electrons. The smallest absolute Gasteiger partial charge is 0.309 e. The van der Waals surface area contributed by atoms with E-state index < -0.39 is 6.10 Å². The zero-order valence-corrected chi connectivity index (χ0v) is 38.9. The third-order valence-corrected chi connectivity index (χ3v) is 9.81. The lowest BCUT2D eigenvalue weighted by molar-refractivity contribution is -0.162. The molecule has 60 heavy (non-hydrogen) atoms. The van der Waals surface area contributed by atoms with Crippen LogP contribution in [0.25, 0.3) is 0 Å². The van der Waals surface area contributed by atoms with E-state index in [9.17, 15) is 9.59 Å². The maximum absolute atomic E-state index is 12.7. The summed E-state index contributed by atoms with van der Waals surface area (Å²) < 4.78 is 17.2. The number of ether oxygens (including phenoxy) is 3. The van der Waals surface area contributed by atoms with E-state index in [1.807, 2.05) is 12.2 Å². The highest BCUT2D eigenvalue weighted by Gasteiger charge is 2.17. The van der Waals surface area contributed by atoms with Gasteiger partial charge in [0.2, 0.25) is 0 Å². The van der Waals surface area contributed by atoms with Crippen molar-refractivity contribution in [3.8, 4) is 0 Å². The maximum atomic E-state index is 12.7. The summed E-state index contributed by atoms with van der Waals surface area (Å²) in [6, 6.07) is 0. The lowest BCUT2D eigenvalue weighted by Gasteiger charge is -2.18. The summed E-state index contributed by atoms with van der Waals surface area (Å²) in [6.07, 6.45) is 68.3. The molecular weight excluding hydrogens is 741 g/mol. The van der Waals surface area contributed by atoms with Gasteiger partial charge in [-0.3, -0.25) is 9.59 Å². The van der Waals surface area contributed by atoms with Crippen LogP contribution in [0.3, 0.4) is 0 Å². The first-order valence-corrected chi connectivity index (χ1v) is 24.4. The molecule has 0 aromatic carbocycles. The minimum absolute atomic E-state index is 0.0107. The topological polar surface area (TPSA) is 61.8 Å². The molecule has 0 aliphatic carbocycles. The lowest BCUT2D eigenvalue weighted by Crippen LogP contribution is -2.30. The first-order chi connectivity index (χ1) is 29.6. The Hall–Kier alpha value is -3.44. The Morgan fingerprint density at radius 2 is 0.800 bits per heavy atom. The van der Waals surface area contributed by atoms with Gasteiger partial charge in [-0.2, -0.15) is 0 Å². The average Bonchev–Trinajstić information content (AvgIpc) is 3.25. The van der Waals surface area contributed by atoms with Crippen LogP contribution in [-0.2, 0) is 23.8 Å². The molecule has 0 heterocycles. The maximum Gasteiger partial charge on any atom is 0.309 e. The quantitative estimate of drug-likeness (QED) is 0.0348. The highest BCUT2D eigenvalue weighted by Crippen LogP contribution is 2.12. The Labute approximate surface area is 370 Å². The van der Waals surface area contributed by atoms with Gasteiger partial charge in [0.1, 0.15) is 6.61 Å². The minimum Gasteiger partial charge on any atom is -0.461 e. The van der Waals surface area contributed by atoms with Gasteiger partial charge < -0.3 is 14.2 Å². The summed E-state index contributed by atoms with van der Waals surface area (Å²) in [5.41, 5.74) is 0. The number of hydrogen-bond donors (Lipinski definition) is 0. The zero-order valence-electron chi connectivity index (χ0n) is 38.9. The van der Waals surface area contributed by atoms with Crippen LogP contribution in [0, 0.1) is 0 Å². The number of unbranched alkanes of at least 4 members (excludes halogenated alkanes) is 15. The molecule has 0 aliphatic rings. The standard InChI is InChI=1S/C55H90O5/c1-4-7-10-13-16-19-22-25-27-29-32-35-38-41-44-47-50-58-51-53(60-55(57)49-46-43-40-37-34-30-24-21-18-15-12-9-6-3)52-59-54(56)48-45-42-39-36-33-31-28-26-23-20-17-14-11-8-5-2/h8-9,11-12,17-18,20-21,25-28,30,33-34,36,42,45,53H,4-7,10,13-16,19,22-24,29,31-32,35,37-41,43-44,46-52H2,1-3H3/b11-8-,12-9-,20-17-,21-18-,27-25-,28-26-,34-30-,36-33-,45-42-. The van der Waals surface area contributed by atoms with Crippen molar-refractivity contribution in [1.82, 2.24) is 0 Å². The van der Waals surface area contributed by atoms with Crippen LogP contribution in [0.4, 0.5) is 0 Å². The Kier molecular flexibility index (Phi) is 47.1. The molecule has 0 saturated carbocycles.